The number of rotatable bonds is 4. The topological polar surface area (TPSA) is 87.7 Å². The van der Waals surface area contributed by atoms with E-state index in [1.165, 1.54) is 6.07 Å². The largest absolute Gasteiger partial charge is 0.322 e. The number of H-pyrrole nitrogens is 1. The average molecular weight is 439 g/mol. The fraction of sp³-hybridized carbons (Fsp3) is 0.0400. The minimum absolute atomic E-state index is 0.216. The highest BCUT2D eigenvalue weighted by Gasteiger charge is 2.15. The molecule has 0 aliphatic heterocycles. The van der Waals surface area contributed by atoms with Crippen LogP contribution in [-0.4, -0.2) is 20.9 Å². The van der Waals surface area contributed by atoms with E-state index in [0.29, 0.717) is 28.3 Å². The van der Waals surface area contributed by atoms with Crippen LogP contribution >= 0.6 is 11.3 Å². The summed E-state index contributed by atoms with van der Waals surface area (Å²) in [7, 11) is 0. The molecule has 5 rings (SSSR count). The summed E-state index contributed by atoms with van der Waals surface area (Å²) in [5.41, 5.74) is 3.80. The van der Waals surface area contributed by atoms with Crippen molar-refractivity contribution in [3.8, 4) is 22.0 Å². The maximum Gasteiger partial charge on any atom is 0.256 e. The molecule has 6 nitrogen and oxygen atoms in total. The Labute approximate surface area is 187 Å². The number of fused-ring (bicyclic) bond motifs is 1. The predicted octanol–water partition coefficient (Wildman–Crippen LogP) is 5.27. The molecular weight excluding hydrogens is 420 g/mol. The molecule has 0 saturated heterocycles. The van der Waals surface area contributed by atoms with Gasteiger partial charge in [-0.05, 0) is 42.6 Å². The molecule has 3 aromatic heterocycles. The Kier molecular flexibility index (Phi) is 5.09. The van der Waals surface area contributed by atoms with Crippen molar-refractivity contribution in [1.29, 1.82) is 0 Å². The number of hydrogen-bond donors (Lipinski definition) is 2. The summed E-state index contributed by atoms with van der Waals surface area (Å²) in [5, 5.41) is 5.75. The van der Waals surface area contributed by atoms with Crippen LogP contribution < -0.4 is 10.9 Å². The summed E-state index contributed by atoms with van der Waals surface area (Å²) in [6, 6.07) is 22.1. The van der Waals surface area contributed by atoms with Crippen LogP contribution in [0.5, 0.6) is 0 Å². The third-order valence-electron chi connectivity index (χ3n) is 5.00. The van der Waals surface area contributed by atoms with Crippen molar-refractivity contribution in [3.63, 3.8) is 0 Å². The van der Waals surface area contributed by atoms with Crippen LogP contribution in [0.15, 0.2) is 83.0 Å². The van der Waals surface area contributed by atoms with Crippen LogP contribution in [0.4, 0.5) is 5.69 Å². The van der Waals surface area contributed by atoms with Gasteiger partial charge in [-0.2, -0.15) is 0 Å². The Bertz CT molecular complexity index is 1510. The lowest BCUT2D eigenvalue weighted by Crippen LogP contribution is -2.13. The number of aryl methyl sites for hydroxylation is 1. The highest BCUT2D eigenvalue weighted by molar-refractivity contribution is 7.13. The number of carbonyl (C=O) groups excluding carboxylic acids is 1. The van der Waals surface area contributed by atoms with Crippen LogP contribution in [0, 0.1) is 6.92 Å². The van der Waals surface area contributed by atoms with E-state index in [4.69, 9.17) is 4.98 Å². The molecular formula is C25H18N4O2S. The zero-order valence-electron chi connectivity index (χ0n) is 17.1. The Morgan fingerprint density at radius 1 is 0.969 bits per heavy atom. The first-order valence-electron chi connectivity index (χ1n) is 10.0. The smallest absolute Gasteiger partial charge is 0.256 e. The SMILES string of the molecule is Cc1cc(=O)[nH]c(-c2cccc(NC(=O)c3cc(-c4cccs4)nc4ccccc34)c2)n1. The lowest BCUT2D eigenvalue weighted by atomic mass is 10.1. The monoisotopic (exact) mass is 438 g/mol. The van der Waals surface area contributed by atoms with Crippen molar-refractivity contribution in [2.75, 3.05) is 5.32 Å². The molecule has 0 unspecified atom stereocenters. The van der Waals surface area contributed by atoms with E-state index in [0.717, 1.165) is 21.5 Å². The summed E-state index contributed by atoms with van der Waals surface area (Å²) in [6.45, 7) is 1.77. The van der Waals surface area contributed by atoms with Gasteiger partial charge in [-0.3, -0.25) is 9.59 Å². The van der Waals surface area contributed by atoms with Crippen LogP contribution in [0.3, 0.4) is 0 Å². The van der Waals surface area contributed by atoms with Gasteiger partial charge in [-0.25, -0.2) is 9.97 Å². The summed E-state index contributed by atoms with van der Waals surface area (Å²) >= 11 is 1.58. The Morgan fingerprint density at radius 3 is 2.66 bits per heavy atom. The predicted molar refractivity (Wildman–Crippen MR) is 128 cm³/mol. The van der Waals surface area contributed by atoms with E-state index in [9.17, 15) is 9.59 Å². The molecule has 5 aromatic rings. The molecule has 0 radical (unpaired) electrons. The van der Waals surface area contributed by atoms with Gasteiger partial charge >= 0.3 is 0 Å². The van der Waals surface area contributed by atoms with Crippen LogP contribution in [-0.2, 0) is 0 Å². The van der Waals surface area contributed by atoms with Crippen molar-refractivity contribution in [2.45, 2.75) is 6.92 Å². The number of thiophene rings is 1. The first kappa shape index (κ1) is 19.8. The lowest BCUT2D eigenvalue weighted by molar-refractivity contribution is 0.102. The number of nitrogens with zero attached hydrogens (tertiary/aromatic N) is 2. The normalized spacial score (nSPS) is 10.9. The fourth-order valence-electron chi connectivity index (χ4n) is 3.57. The van der Waals surface area contributed by atoms with Crippen LogP contribution in [0.25, 0.3) is 32.9 Å². The number of carbonyl (C=O) groups is 1. The minimum atomic E-state index is -0.232. The van der Waals surface area contributed by atoms with Gasteiger partial charge in [0.25, 0.3) is 11.5 Å². The third-order valence-corrected chi connectivity index (χ3v) is 5.89. The van der Waals surface area contributed by atoms with Gasteiger partial charge in [-0.1, -0.05) is 36.4 Å². The molecule has 2 aromatic carbocycles. The highest BCUT2D eigenvalue weighted by Crippen LogP contribution is 2.28. The molecule has 1 amide bonds. The third kappa shape index (κ3) is 3.93. The van der Waals surface area contributed by atoms with Gasteiger partial charge in [0, 0.05) is 28.4 Å². The average Bonchev–Trinajstić information content (AvgIpc) is 3.33. The maximum absolute atomic E-state index is 13.3. The molecule has 0 spiro atoms. The second-order valence-corrected chi connectivity index (χ2v) is 8.27. The van der Waals surface area contributed by atoms with Gasteiger partial charge in [0.15, 0.2) is 0 Å². The molecule has 3 heterocycles. The molecule has 0 aliphatic carbocycles. The molecule has 0 bridgehead atoms. The molecule has 7 heteroatoms. The Hall–Kier alpha value is -4.10. The number of aromatic amines is 1. The van der Waals surface area contributed by atoms with Crippen molar-refractivity contribution >= 4 is 33.8 Å². The van der Waals surface area contributed by atoms with E-state index in [1.807, 2.05) is 60.0 Å². The fourth-order valence-corrected chi connectivity index (χ4v) is 4.26. The first-order valence-corrected chi connectivity index (χ1v) is 10.9. The Balaban J connectivity index is 1.52. The summed E-state index contributed by atoms with van der Waals surface area (Å²) in [4.78, 5) is 38.0. The second-order valence-electron chi connectivity index (χ2n) is 7.32. The van der Waals surface area contributed by atoms with E-state index in [-0.39, 0.29) is 11.5 Å². The van der Waals surface area contributed by atoms with Crippen molar-refractivity contribution < 1.29 is 4.79 Å². The molecule has 0 aliphatic rings. The molecule has 0 fully saturated rings. The van der Waals surface area contributed by atoms with E-state index in [2.05, 4.69) is 15.3 Å². The summed E-state index contributed by atoms with van der Waals surface area (Å²) in [5.74, 6) is 0.227. The van der Waals surface area contributed by atoms with Crippen molar-refractivity contribution in [1.82, 2.24) is 15.0 Å². The summed E-state index contributed by atoms with van der Waals surface area (Å²) in [6.07, 6.45) is 0. The number of aromatic nitrogens is 3. The van der Waals surface area contributed by atoms with Crippen LogP contribution in [0.2, 0.25) is 0 Å². The zero-order chi connectivity index (χ0) is 22.1. The second kappa shape index (κ2) is 8.20. The number of pyridine rings is 1. The maximum atomic E-state index is 13.3. The number of para-hydroxylation sites is 1. The van der Waals surface area contributed by atoms with Gasteiger partial charge in [-0.15, -0.1) is 11.3 Å². The van der Waals surface area contributed by atoms with Gasteiger partial charge in [0.05, 0.1) is 21.7 Å². The molecule has 2 N–H and O–H groups in total. The molecule has 0 atom stereocenters. The number of amides is 1. The molecule has 156 valence electrons. The Morgan fingerprint density at radius 2 is 1.84 bits per heavy atom. The summed E-state index contributed by atoms with van der Waals surface area (Å²) < 4.78 is 0. The first-order chi connectivity index (χ1) is 15.6. The van der Waals surface area contributed by atoms with E-state index in [1.54, 1.807) is 30.4 Å². The van der Waals surface area contributed by atoms with Gasteiger partial charge < -0.3 is 10.3 Å². The number of benzene rings is 2. The number of hydrogen-bond acceptors (Lipinski definition) is 5. The van der Waals surface area contributed by atoms with Crippen molar-refractivity contribution in [2.24, 2.45) is 0 Å². The number of anilines is 1. The van der Waals surface area contributed by atoms with Gasteiger partial charge in [0.2, 0.25) is 0 Å². The quantitative estimate of drug-likeness (QED) is 0.400. The zero-order valence-corrected chi connectivity index (χ0v) is 17.9. The molecule has 32 heavy (non-hydrogen) atoms. The van der Waals surface area contributed by atoms with Crippen molar-refractivity contribution in [3.05, 3.63) is 99.8 Å². The van der Waals surface area contributed by atoms with Gasteiger partial charge in [0.1, 0.15) is 5.82 Å². The molecule has 0 saturated carbocycles. The minimum Gasteiger partial charge on any atom is -0.322 e. The highest BCUT2D eigenvalue weighted by atomic mass is 32.1. The van der Waals surface area contributed by atoms with E-state index >= 15 is 0 Å². The van der Waals surface area contributed by atoms with Crippen LogP contribution in [0.1, 0.15) is 16.1 Å². The van der Waals surface area contributed by atoms with E-state index < -0.39 is 0 Å². The number of nitrogens with one attached hydrogen (secondary N) is 2. The standard InChI is InChI=1S/C25H18N4O2S/c1-15-12-23(30)29-24(26-15)16-6-4-7-17(13-16)27-25(31)19-14-21(22-10-5-11-32-22)28-20-9-3-2-8-18(19)20/h2-14H,1H3,(H,27,31)(H,26,29,30). The lowest BCUT2D eigenvalue weighted by Gasteiger charge is -2.11.